The predicted octanol–water partition coefficient (Wildman–Crippen LogP) is 3.83. The Labute approximate surface area is 273 Å². The molecule has 0 aromatic carbocycles. The molecular formula is C23H43F11N2O10Si2. The first-order chi connectivity index (χ1) is 22.0. The van der Waals surface area contributed by atoms with E-state index in [-0.39, 0.29) is 26.3 Å². The molecule has 12 nitrogen and oxygen atoms in total. The molecule has 0 aromatic rings. The van der Waals surface area contributed by atoms with Gasteiger partial charge in [0.05, 0.1) is 26.9 Å². The van der Waals surface area contributed by atoms with Crippen molar-refractivity contribution in [2.45, 2.75) is 62.9 Å². The summed E-state index contributed by atoms with van der Waals surface area (Å²) in [4.78, 5) is 13.2. The minimum atomic E-state index is -6.26. The predicted molar refractivity (Wildman–Crippen MR) is 147 cm³/mol. The number of rotatable bonds is 21. The van der Waals surface area contributed by atoms with Gasteiger partial charge in [-0.2, -0.15) is 30.7 Å². The lowest BCUT2D eigenvalue weighted by Gasteiger charge is -2.28. The number of aliphatic hydroxyl groups excluding tert-OH is 1. The molecule has 2 atom stereocenters. The van der Waals surface area contributed by atoms with Crippen LogP contribution in [0.4, 0.5) is 48.3 Å². The Kier molecular flexibility index (Phi) is 26.6. The molecule has 0 radical (unpaired) electrons. The number of halogens is 11. The summed E-state index contributed by atoms with van der Waals surface area (Å²) >= 11 is 0. The first-order valence-corrected chi connectivity index (χ1v) is 16.8. The fourth-order valence-electron chi connectivity index (χ4n) is 3.11. The quantitative estimate of drug-likeness (QED) is 0.100. The Hall–Kier alpha value is -1.75. The molecule has 0 heterocycles. The Morgan fingerprint density at radius 1 is 0.896 bits per heavy atom. The van der Waals surface area contributed by atoms with Crippen molar-refractivity contribution in [2.75, 3.05) is 81.6 Å². The van der Waals surface area contributed by atoms with Gasteiger partial charge in [0.2, 0.25) is 0 Å². The molecule has 0 saturated heterocycles. The second-order valence-corrected chi connectivity index (χ2v) is 13.5. The van der Waals surface area contributed by atoms with Crippen LogP contribution in [0.1, 0.15) is 26.2 Å². The molecule has 0 saturated carbocycles. The van der Waals surface area contributed by atoms with Crippen LogP contribution in [0.25, 0.3) is 0 Å². The fraction of sp³-hybridized carbons (Fsp3) is 0.957. The van der Waals surface area contributed by atoms with Gasteiger partial charge >= 0.3 is 42.5 Å². The Bertz CT molecular complexity index is 845. The number of aliphatic hydroxyl groups is 1. The molecule has 0 aromatic heterocycles. The molecule has 2 unspecified atom stereocenters. The smallest absolute Gasteiger partial charge is 0.499 e. The van der Waals surface area contributed by atoms with Gasteiger partial charge in [0.15, 0.2) is 6.67 Å². The summed E-state index contributed by atoms with van der Waals surface area (Å²) in [6, 6.07) is 0.473. The molecule has 0 spiro atoms. The standard InChI is InChI=1S/C19H35F7N2O7Si.C2H2F4.C2H6O3Si/c1-5-6-9-28(13-15(29)14-34-11-7-12-36(31-2,32-3)33-4)10-8-27-16(30)17(20,18(21,22)23)35-19(24,25)26;3-1-2(4,5)6;1-4-6(3)5-2/h15,29H,5-14H2,1-4H3,(H,27,30);1H2;1-2H3. The molecule has 48 heavy (non-hydrogen) atoms. The zero-order chi connectivity index (χ0) is 38.2. The lowest BCUT2D eigenvalue weighted by atomic mass is 10.2. The number of carbonyl (C=O) groups excluding carboxylic acids is 1. The van der Waals surface area contributed by atoms with Crippen molar-refractivity contribution in [2.24, 2.45) is 0 Å². The van der Waals surface area contributed by atoms with Gasteiger partial charge in [0, 0.05) is 53.6 Å². The first kappa shape index (κ1) is 50.6. The molecule has 0 fully saturated rings. The number of ether oxygens (including phenoxy) is 2. The van der Waals surface area contributed by atoms with Crippen LogP contribution in [0.15, 0.2) is 0 Å². The van der Waals surface area contributed by atoms with E-state index in [1.54, 1.807) is 4.90 Å². The number of carbonyl (C=O) groups is 1. The zero-order valence-electron chi connectivity index (χ0n) is 27.1. The largest absolute Gasteiger partial charge is 0.766 e. The highest BCUT2D eigenvalue weighted by molar-refractivity contribution is 6.60. The lowest BCUT2D eigenvalue weighted by Crippen LogP contribution is -2.58. The van der Waals surface area contributed by atoms with Gasteiger partial charge in [-0.15, -0.1) is 13.2 Å². The van der Waals surface area contributed by atoms with Crippen LogP contribution in [0.2, 0.25) is 6.04 Å². The van der Waals surface area contributed by atoms with Crippen LogP contribution in [0, 0.1) is 0 Å². The summed E-state index contributed by atoms with van der Waals surface area (Å²) in [5.41, 5.74) is 0. The number of alkyl halides is 11. The monoisotopic (exact) mass is 772 g/mol. The maximum absolute atomic E-state index is 13.9. The highest BCUT2D eigenvalue weighted by Crippen LogP contribution is 2.39. The number of nitrogens with one attached hydrogen (secondary N) is 1. The summed E-state index contributed by atoms with van der Waals surface area (Å²) in [5, 5.41) is 11.7. The van der Waals surface area contributed by atoms with Crippen LogP contribution < -0.4 is 5.32 Å². The van der Waals surface area contributed by atoms with E-state index in [0.717, 1.165) is 6.42 Å². The van der Waals surface area contributed by atoms with Gasteiger partial charge in [-0.3, -0.25) is 14.2 Å². The molecule has 0 aliphatic carbocycles. The van der Waals surface area contributed by atoms with E-state index < -0.39 is 67.8 Å². The summed E-state index contributed by atoms with van der Waals surface area (Å²) in [5.74, 6) is -8.23. The minimum Gasteiger partial charge on any atom is -0.499 e. The molecule has 25 heteroatoms. The fourth-order valence-corrected chi connectivity index (χ4v) is 4.97. The van der Waals surface area contributed by atoms with Crippen LogP contribution >= 0.6 is 0 Å². The maximum Gasteiger partial charge on any atom is 0.766 e. The summed E-state index contributed by atoms with van der Waals surface area (Å²) < 4.78 is 173. The highest BCUT2D eigenvalue weighted by Gasteiger charge is 2.68. The average Bonchev–Trinajstić information content (AvgIpc) is 3.00. The van der Waals surface area contributed by atoms with Gasteiger partial charge in [-0.1, -0.05) is 13.3 Å². The van der Waals surface area contributed by atoms with E-state index in [0.29, 0.717) is 25.4 Å². The van der Waals surface area contributed by atoms with Crippen molar-refractivity contribution in [3.05, 3.63) is 0 Å². The van der Waals surface area contributed by atoms with Gasteiger partial charge in [-0.05, 0) is 19.4 Å². The van der Waals surface area contributed by atoms with E-state index in [1.165, 1.54) is 40.9 Å². The first-order valence-electron chi connectivity index (χ1n) is 13.7. The molecule has 1 amide bonds. The van der Waals surface area contributed by atoms with Gasteiger partial charge in [0.1, 0.15) is 0 Å². The Morgan fingerprint density at radius 3 is 1.75 bits per heavy atom. The maximum atomic E-state index is 13.9. The van der Waals surface area contributed by atoms with E-state index in [4.69, 9.17) is 18.0 Å². The number of unbranched alkanes of at least 4 members (excludes halogenated alkanes) is 1. The number of nitrogens with zero attached hydrogens (tertiary/aromatic N) is 1. The third kappa shape index (κ3) is 24.4. The van der Waals surface area contributed by atoms with Gasteiger partial charge < -0.3 is 37.3 Å². The van der Waals surface area contributed by atoms with E-state index in [1.807, 2.05) is 6.92 Å². The van der Waals surface area contributed by atoms with E-state index in [9.17, 15) is 62.7 Å². The van der Waals surface area contributed by atoms with Crippen molar-refractivity contribution in [3.8, 4) is 0 Å². The topological polar surface area (TPSA) is 134 Å². The second kappa shape index (κ2) is 25.2. The number of hydrogen-bond donors (Lipinski definition) is 2. The summed E-state index contributed by atoms with van der Waals surface area (Å²) in [7, 11) is 2.21. The summed E-state index contributed by atoms with van der Waals surface area (Å²) in [6.07, 6.45) is -16.1. The second-order valence-electron chi connectivity index (χ2n) is 9.09. The molecule has 0 aliphatic rings. The molecule has 0 aliphatic heterocycles. The normalized spacial score (nSPS) is 14.1. The van der Waals surface area contributed by atoms with Crippen molar-refractivity contribution in [1.82, 2.24) is 10.2 Å². The minimum absolute atomic E-state index is 0.0120. The van der Waals surface area contributed by atoms with Crippen molar-refractivity contribution >= 4 is 23.9 Å². The van der Waals surface area contributed by atoms with E-state index in [2.05, 4.69) is 13.6 Å². The van der Waals surface area contributed by atoms with Crippen LogP contribution in [0.3, 0.4) is 0 Å². The van der Waals surface area contributed by atoms with Crippen LogP contribution in [-0.4, -0.2) is 146 Å². The van der Waals surface area contributed by atoms with Crippen LogP contribution in [0.5, 0.6) is 0 Å². The average molecular weight is 773 g/mol. The highest BCUT2D eigenvalue weighted by atomic mass is 28.4. The molecule has 0 rings (SSSR count). The third-order valence-corrected chi connectivity index (χ3v) is 8.92. The third-order valence-electron chi connectivity index (χ3n) is 5.42. The van der Waals surface area contributed by atoms with Crippen molar-refractivity contribution in [1.29, 1.82) is 0 Å². The van der Waals surface area contributed by atoms with E-state index >= 15 is 0 Å². The van der Waals surface area contributed by atoms with Gasteiger partial charge in [-0.25, -0.2) is 9.13 Å². The van der Waals surface area contributed by atoms with Crippen molar-refractivity contribution < 1.29 is 94.3 Å². The Morgan fingerprint density at radius 2 is 1.40 bits per heavy atom. The molecule has 290 valence electrons. The SMILES string of the molecule is CCCCN(CCNC(=O)C(F)(OC(F)(F)F)C(F)(F)F)CC(O)COCCC[Si](OC)(OC)OC.CO[Si](=O)OC.FCC(F)(F)F. The summed E-state index contributed by atoms with van der Waals surface area (Å²) in [6.45, 7) is -0.665. The number of hydrogen-bond acceptors (Lipinski definition) is 11. The zero-order valence-corrected chi connectivity index (χ0v) is 29.1. The van der Waals surface area contributed by atoms with Gasteiger partial charge in [0.25, 0.3) is 5.91 Å². The lowest BCUT2D eigenvalue weighted by molar-refractivity contribution is -0.432. The van der Waals surface area contributed by atoms with Crippen molar-refractivity contribution in [3.63, 3.8) is 0 Å². The Balaban J connectivity index is -0.00000142. The van der Waals surface area contributed by atoms with Crippen LogP contribution in [-0.2, 0) is 40.9 Å². The molecule has 0 bridgehead atoms. The molecule has 2 N–H and O–H groups in total. The number of amides is 1. The molecular weight excluding hydrogens is 729 g/mol.